The normalized spacial score (nSPS) is 12.9. The molecule has 18 nitrogen and oxygen atoms in total. The summed E-state index contributed by atoms with van der Waals surface area (Å²) in [7, 11) is 3.07. The van der Waals surface area contributed by atoms with Crippen molar-refractivity contribution in [2.45, 2.75) is 65.8 Å². The molecule has 0 saturated heterocycles. The summed E-state index contributed by atoms with van der Waals surface area (Å²) >= 11 is 4.30. The minimum absolute atomic E-state index is 0.0617. The summed E-state index contributed by atoms with van der Waals surface area (Å²) in [4.78, 5) is 51.6. The molecule has 20 heteroatoms. The summed E-state index contributed by atoms with van der Waals surface area (Å²) in [5, 5.41) is 14.1. The van der Waals surface area contributed by atoms with E-state index in [1.165, 1.54) is 6.92 Å². The zero-order valence-corrected chi connectivity index (χ0v) is 39.7. The number of carbonyl (C=O) groups excluding carboxylic acids is 3. The van der Waals surface area contributed by atoms with E-state index in [0.29, 0.717) is 97.8 Å². The molecule has 1 aliphatic heterocycles. The Bertz CT molecular complexity index is 1590. The van der Waals surface area contributed by atoms with Crippen molar-refractivity contribution < 1.29 is 57.5 Å². The number of hydrazine groups is 1. The fraction of sp³-hybridized carbons (Fsp3) is 0.605. The number of unbranched alkanes of at least 4 members (excludes halogenated alkanes) is 3. The molecule has 63 heavy (non-hydrogen) atoms. The Kier molecular flexibility index (Phi) is 36.7. The van der Waals surface area contributed by atoms with Gasteiger partial charge in [-0.2, -0.15) is 0 Å². The third-order valence-electron chi connectivity index (χ3n) is 8.55. The number of nitrogens with one attached hydrogen (secondary N) is 2. The molecule has 0 aromatic heterocycles. The number of hydrogen-bond donors (Lipinski definition) is 7. The first-order valence-corrected chi connectivity index (χ1v) is 24.0. The van der Waals surface area contributed by atoms with Crippen LogP contribution in [0.15, 0.2) is 48.5 Å². The molecule has 0 bridgehead atoms. The number of ether oxygens (including phenoxy) is 5. The average molecular weight is 931 g/mol. The molecule has 9 N–H and O–H groups in total. The van der Waals surface area contributed by atoms with Gasteiger partial charge in [0.1, 0.15) is 6.29 Å². The van der Waals surface area contributed by atoms with Crippen LogP contribution in [0.5, 0.6) is 0 Å². The van der Waals surface area contributed by atoms with E-state index < -0.39 is 6.72 Å². The number of para-hydroxylation sites is 1. The van der Waals surface area contributed by atoms with Gasteiger partial charge in [-0.25, -0.2) is 5.84 Å². The van der Waals surface area contributed by atoms with E-state index in [0.717, 1.165) is 67.3 Å². The van der Waals surface area contributed by atoms with Gasteiger partial charge >= 0.3 is 6.72 Å². The van der Waals surface area contributed by atoms with Gasteiger partial charge in [-0.05, 0) is 36.3 Å². The second-order valence-corrected chi connectivity index (χ2v) is 16.0. The maximum Gasteiger partial charge on any atom is 0.321 e. The molecule has 0 aliphatic carbocycles. The zero-order valence-electron chi connectivity index (χ0n) is 38.0. The second-order valence-electron chi connectivity index (χ2n) is 13.3. The third kappa shape index (κ3) is 29.5. The van der Waals surface area contributed by atoms with E-state index in [-0.39, 0.29) is 31.3 Å². The molecule has 0 radical (unpaired) electrons. The summed E-state index contributed by atoms with van der Waals surface area (Å²) in [6.45, 7) is 9.28. The summed E-state index contributed by atoms with van der Waals surface area (Å²) in [5.41, 5.74) is 12.4. The first kappa shape index (κ1) is 59.4. The monoisotopic (exact) mass is 930 g/mol. The Morgan fingerprint density at radius 3 is 1.87 bits per heavy atom. The highest BCUT2D eigenvalue weighted by molar-refractivity contribution is 8.06. The Hall–Kier alpha value is -3.56. The van der Waals surface area contributed by atoms with Crippen molar-refractivity contribution in [1.82, 2.24) is 15.6 Å². The molecule has 0 atom stereocenters. The van der Waals surface area contributed by atoms with Crippen LogP contribution in [0.2, 0.25) is 0 Å². The summed E-state index contributed by atoms with van der Waals surface area (Å²) in [6, 6.07) is 16.3. The molecule has 1 heterocycles. The first-order valence-electron chi connectivity index (χ1n) is 21.3. The molecular weight excluding hydrogens is 856 g/mol. The molecule has 2 amide bonds. The summed E-state index contributed by atoms with van der Waals surface area (Å²) in [5.74, 6) is 6.40. The molecule has 2 aromatic carbocycles. The van der Waals surface area contributed by atoms with E-state index in [4.69, 9.17) is 50.2 Å². The van der Waals surface area contributed by atoms with E-state index in [9.17, 15) is 14.4 Å². The number of amides is 2. The highest BCUT2D eigenvalue weighted by Crippen LogP contribution is 2.37. The van der Waals surface area contributed by atoms with Gasteiger partial charge in [0, 0.05) is 70.4 Å². The molecule has 0 saturated carbocycles. The Morgan fingerprint density at radius 2 is 1.30 bits per heavy atom. The number of aliphatic hydroxyl groups excluding tert-OH is 1. The third-order valence-corrected chi connectivity index (χ3v) is 9.39. The van der Waals surface area contributed by atoms with Gasteiger partial charge in [0.2, 0.25) is 11.8 Å². The zero-order chi connectivity index (χ0) is 47.1. The van der Waals surface area contributed by atoms with Crippen LogP contribution in [0.25, 0.3) is 11.4 Å². The molecule has 360 valence electrons. The number of carbonyl (C=O) groups is 3. The van der Waals surface area contributed by atoms with Crippen molar-refractivity contribution >= 4 is 53.7 Å². The SMILES string of the molecule is CC.CC(=O)NCCOCCOCCOCCOCCOCCN(N)/C1=C(\N)c2ccccc2N(C)Cc2ccccc21.CO.O=CCCC(=O)NCCCCCCOP(O)(O)=S. The second kappa shape index (κ2) is 38.9. The van der Waals surface area contributed by atoms with Crippen molar-refractivity contribution in [2.75, 3.05) is 111 Å². The van der Waals surface area contributed by atoms with Gasteiger partial charge in [-0.1, -0.05) is 69.2 Å². The number of fused-ring (bicyclic) bond motifs is 2. The van der Waals surface area contributed by atoms with E-state index in [1.807, 2.05) is 44.2 Å². The van der Waals surface area contributed by atoms with Crippen LogP contribution in [0.1, 0.15) is 76.0 Å². The molecule has 3 rings (SSSR count). The van der Waals surface area contributed by atoms with Crippen LogP contribution in [0.3, 0.4) is 0 Å². The first-order chi connectivity index (χ1) is 30.4. The highest BCUT2D eigenvalue weighted by atomic mass is 32.5. The molecular formula is C43H75N6O12PS. The van der Waals surface area contributed by atoms with Crippen molar-refractivity contribution in [3.05, 3.63) is 65.2 Å². The van der Waals surface area contributed by atoms with Gasteiger partial charge in [0.15, 0.2) is 0 Å². The molecule has 0 spiro atoms. The van der Waals surface area contributed by atoms with Gasteiger partial charge in [0.25, 0.3) is 0 Å². The van der Waals surface area contributed by atoms with E-state index >= 15 is 0 Å². The number of benzene rings is 2. The quantitative estimate of drug-likeness (QED) is 0.0195. The maximum absolute atomic E-state index is 11.1. The fourth-order valence-corrected chi connectivity index (χ4v) is 6.26. The van der Waals surface area contributed by atoms with Gasteiger partial charge in [-0.15, -0.1) is 0 Å². The van der Waals surface area contributed by atoms with Crippen molar-refractivity contribution in [3.8, 4) is 0 Å². The van der Waals surface area contributed by atoms with Crippen LogP contribution in [-0.4, -0.2) is 144 Å². The number of aldehydes is 1. The topological polar surface area (TPSA) is 250 Å². The number of anilines is 1. The summed E-state index contributed by atoms with van der Waals surface area (Å²) in [6.07, 6.45) is 4.57. The number of rotatable bonds is 30. The number of hydrogen-bond acceptors (Lipinski definition) is 15. The van der Waals surface area contributed by atoms with Gasteiger partial charge in [-0.3, -0.25) is 9.59 Å². The van der Waals surface area contributed by atoms with Crippen LogP contribution >= 0.6 is 6.72 Å². The predicted octanol–water partition coefficient (Wildman–Crippen LogP) is 3.32. The fourth-order valence-electron chi connectivity index (χ4n) is 5.67. The van der Waals surface area contributed by atoms with Crippen molar-refractivity contribution in [3.63, 3.8) is 0 Å². The lowest BCUT2D eigenvalue weighted by atomic mass is 9.96. The standard InChI is InChI=1S/C30H45N5O6.C10H20NO5PS.C2H6.CH4O/c1-24(36)33-11-13-37-15-17-39-19-21-41-22-20-40-18-16-38-14-12-35(32)30-26-8-4-3-7-25(26)23-34(2)28-10-6-5-9-27(28)29(30)31;12-8-5-6-10(13)11-7-3-1-2-4-9-16-17(14,15)18;2*1-2/h3-10H,11-23,31-32H2,1-2H3,(H,33,36);8H,1-7,9H2,(H,11,13)(H2,14,15,18);1-2H3;2H,1H3/b30-29-;;;. The molecule has 2 aromatic rings. The lowest BCUT2D eigenvalue weighted by Gasteiger charge is -2.32. The van der Waals surface area contributed by atoms with E-state index in [1.54, 1.807) is 5.01 Å². The highest BCUT2D eigenvalue weighted by Gasteiger charge is 2.23. The van der Waals surface area contributed by atoms with Crippen LogP contribution in [0, 0.1) is 0 Å². The molecule has 0 fully saturated rings. The molecule has 0 unspecified atom stereocenters. The van der Waals surface area contributed by atoms with Crippen molar-refractivity contribution in [1.29, 1.82) is 0 Å². The average Bonchev–Trinajstić information content (AvgIpc) is 3.27. The number of nitrogens with zero attached hydrogens (tertiary/aromatic N) is 2. The van der Waals surface area contributed by atoms with Gasteiger partial charge in [0.05, 0.1) is 90.6 Å². The van der Waals surface area contributed by atoms with Crippen LogP contribution < -0.4 is 27.1 Å². The largest absolute Gasteiger partial charge is 0.400 e. The lowest BCUT2D eigenvalue weighted by molar-refractivity contribution is -0.122. The predicted molar refractivity (Wildman–Crippen MR) is 251 cm³/mol. The Morgan fingerprint density at radius 1 is 0.778 bits per heavy atom. The smallest absolute Gasteiger partial charge is 0.321 e. The minimum atomic E-state index is -3.50. The number of aliphatic hydroxyl groups is 1. The number of nitrogens with two attached hydrogens (primary N) is 2. The van der Waals surface area contributed by atoms with E-state index in [2.05, 4.69) is 57.1 Å². The maximum atomic E-state index is 11.1. The Labute approximate surface area is 379 Å². The summed E-state index contributed by atoms with van der Waals surface area (Å²) < 4.78 is 32.3. The van der Waals surface area contributed by atoms with Crippen LogP contribution in [-0.2, 0) is 60.9 Å². The lowest BCUT2D eigenvalue weighted by Crippen LogP contribution is -2.36. The van der Waals surface area contributed by atoms with Crippen molar-refractivity contribution in [2.24, 2.45) is 11.6 Å². The molecule has 1 aliphatic rings. The van der Waals surface area contributed by atoms with Gasteiger partial charge < -0.3 is 74.2 Å². The minimum Gasteiger partial charge on any atom is -0.400 e. The Balaban J connectivity index is 0.00000147. The van der Waals surface area contributed by atoms with Crippen LogP contribution in [0.4, 0.5) is 5.69 Å².